The van der Waals surface area contributed by atoms with Gasteiger partial charge in [0.25, 0.3) is 0 Å². The lowest BCUT2D eigenvalue weighted by molar-refractivity contribution is -0.539. The minimum absolute atomic E-state index is 0.305. The van der Waals surface area contributed by atoms with E-state index in [1.165, 1.54) is 57.8 Å². The number of carbonyl (C=O) groups excluding carboxylic acids is 1. The van der Waals surface area contributed by atoms with Gasteiger partial charge in [0, 0.05) is 0 Å². The first-order valence-corrected chi connectivity index (χ1v) is 10.5. The molecule has 0 heterocycles. The van der Waals surface area contributed by atoms with E-state index in [-0.39, 0.29) is 0 Å². The highest BCUT2D eigenvalue weighted by molar-refractivity contribution is 8.01. The van der Waals surface area contributed by atoms with Gasteiger partial charge in [-0.1, -0.05) is 95.0 Å². The molecule has 2 nitrogen and oxygen atoms in total. The minimum Gasteiger partial charge on any atom is -0.428 e. The zero-order valence-corrected chi connectivity index (χ0v) is 17.6. The van der Waals surface area contributed by atoms with Crippen LogP contribution in [0.2, 0.25) is 0 Å². The van der Waals surface area contributed by atoms with E-state index in [2.05, 4.69) is 6.92 Å². The van der Waals surface area contributed by atoms with Crippen molar-refractivity contribution in [3.8, 4) is 0 Å². The number of rotatable bonds is 12. The maximum Gasteiger partial charge on any atom is 0.310 e. The standard InChI is InChI=1S/C14H29NO.C7H6S2/c1-3-4-5-6-7-8-9-10-11-12-13-14(16)15-2;8-7(9)6-4-2-1-3-5-6/h3-13H2,1-2H3,(H,15,16);1-5H,(H,8,9). The highest BCUT2D eigenvalue weighted by Crippen LogP contribution is 2.10. The molecule has 0 aliphatic carbocycles. The average molecular weight is 382 g/mol. The van der Waals surface area contributed by atoms with Crippen LogP contribution in [-0.2, 0) is 17.4 Å². The molecule has 0 fully saturated rings. The van der Waals surface area contributed by atoms with Gasteiger partial charge in [0.1, 0.15) is 0 Å². The van der Waals surface area contributed by atoms with E-state index in [9.17, 15) is 4.79 Å². The van der Waals surface area contributed by atoms with E-state index in [1.807, 2.05) is 37.4 Å². The van der Waals surface area contributed by atoms with Gasteiger partial charge in [-0.2, -0.15) is 0 Å². The lowest BCUT2D eigenvalue weighted by Gasteiger charge is -2.02. The van der Waals surface area contributed by atoms with Crippen LogP contribution < -0.4 is 5.32 Å². The lowest BCUT2D eigenvalue weighted by Crippen LogP contribution is -2.83. The Morgan fingerprint density at radius 3 is 1.80 bits per heavy atom. The molecule has 0 spiro atoms. The second kappa shape index (κ2) is 18.0. The maximum absolute atomic E-state index is 11.0. The first-order chi connectivity index (χ1) is 12.1. The molecule has 142 valence electrons. The molecule has 1 amide bonds. The summed E-state index contributed by atoms with van der Waals surface area (Å²) in [6.45, 7) is 2.26. The Bertz CT molecular complexity index is 448. The maximum atomic E-state index is 11.0. The molecule has 0 aliphatic heterocycles. The Hall–Kier alpha value is -0.840. The number of quaternary nitrogens is 1. The van der Waals surface area contributed by atoms with Crippen LogP contribution in [0.4, 0.5) is 0 Å². The highest BCUT2D eigenvalue weighted by atomic mass is 32.1. The highest BCUT2D eigenvalue weighted by Gasteiger charge is 2.00. The Labute approximate surface area is 165 Å². The van der Waals surface area contributed by atoms with Crippen LogP contribution in [0.25, 0.3) is 0 Å². The molecule has 0 bridgehead atoms. The number of carbonyl (C=O) groups is 1. The van der Waals surface area contributed by atoms with Crippen LogP contribution >= 0.6 is 12.2 Å². The normalized spacial score (nSPS) is 10.0. The van der Waals surface area contributed by atoms with E-state index in [4.69, 9.17) is 24.8 Å². The molecule has 4 heteroatoms. The summed E-state index contributed by atoms with van der Waals surface area (Å²) in [5.41, 5.74) is 0.961. The molecule has 2 N–H and O–H groups in total. The summed E-state index contributed by atoms with van der Waals surface area (Å²) < 4.78 is 0.538. The van der Waals surface area contributed by atoms with Crippen LogP contribution in [-0.4, -0.2) is 17.2 Å². The van der Waals surface area contributed by atoms with E-state index < -0.39 is 0 Å². The second-order valence-corrected chi connectivity index (χ2v) is 7.42. The molecule has 0 unspecified atom stereocenters. The lowest BCUT2D eigenvalue weighted by atomic mass is 10.1. The van der Waals surface area contributed by atoms with Crippen molar-refractivity contribution >= 4 is 35.0 Å². The summed E-state index contributed by atoms with van der Waals surface area (Å²) in [4.78, 5) is 11.0. The molecule has 0 saturated carbocycles. The van der Waals surface area contributed by atoms with Gasteiger partial charge in [-0.15, -0.1) is 4.20 Å². The zero-order chi connectivity index (χ0) is 18.8. The molecule has 0 aromatic heterocycles. The van der Waals surface area contributed by atoms with Gasteiger partial charge >= 0.3 is 5.91 Å². The number of unbranched alkanes of at least 4 members (excludes halogenated alkanes) is 9. The number of hydrogen-bond acceptors (Lipinski definition) is 3. The average Bonchev–Trinajstić information content (AvgIpc) is 2.64. The van der Waals surface area contributed by atoms with Gasteiger partial charge in [0.2, 0.25) is 0 Å². The van der Waals surface area contributed by atoms with Gasteiger partial charge < -0.3 is 24.8 Å². The summed E-state index contributed by atoms with van der Waals surface area (Å²) in [6, 6.07) is 9.61. The van der Waals surface area contributed by atoms with Gasteiger partial charge in [-0.05, 0) is 12.0 Å². The molecule has 0 aliphatic rings. The van der Waals surface area contributed by atoms with Crippen molar-refractivity contribution in [1.29, 1.82) is 0 Å². The second-order valence-electron chi connectivity index (χ2n) is 6.34. The fourth-order valence-corrected chi connectivity index (χ4v) is 2.78. The fourth-order valence-electron chi connectivity index (χ4n) is 2.51. The van der Waals surface area contributed by atoms with Crippen LogP contribution in [0.5, 0.6) is 0 Å². The monoisotopic (exact) mass is 381 g/mol. The molecule has 1 aromatic carbocycles. The number of primary amides is 1. The summed E-state index contributed by atoms with van der Waals surface area (Å²) in [5.74, 6) is 0.305. The Kier molecular flexibility index (Phi) is 17.4. The Balaban J connectivity index is 0.000000535. The predicted molar refractivity (Wildman–Crippen MR) is 115 cm³/mol. The molecular weight excluding hydrogens is 346 g/mol. The number of benzene rings is 1. The molecular formula is C21H35NOS2. The van der Waals surface area contributed by atoms with E-state index in [1.54, 1.807) is 5.32 Å². The number of nitrogens with two attached hydrogens (primary N) is 1. The van der Waals surface area contributed by atoms with Gasteiger partial charge in [0.05, 0.1) is 13.5 Å². The van der Waals surface area contributed by atoms with Crippen molar-refractivity contribution in [2.75, 3.05) is 7.05 Å². The molecule has 0 atom stereocenters. The van der Waals surface area contributed by atoms with Crippen molar-refractivity contribution in [1.82, 2.24) is 0 Å². The van der Waals surface area contributed by atoms with Gasteiger partial charge in [-0.25, -0.2) is 4.79 Å². The van der Waals surface area contributed by atoms with Crippen molar-refractivity contribution in [3.63, 3.8) is 0 Å². The topological polar surface area (TPSA) is 33.7 Å². The third-order valence-electron chi connectivity index (χ3n) is 4.11. The fraction of sp³-hybridized carbons (Fsp3) is 0.619. The van der Waals surface area contributed by atoms with E-state index in [0.717, 1.165) is 18.4 Å². The summed E-state index contributed by atoms with van der Waals surface area (Å²) in [5, 5.41) is 1.69. The van der Waals surface area contributed by atoms with Crippen LogP contribution in [0.15, 0.2) is 30.3 Å². The molecule has 1 rings (SSSR count). The van der Waals surface area contributed by atoms with Crippen LogP contribution in [0.1, 0.15) is 83.1 Å². The summed E-state index contributed by atoms with van der Waals surface area (Å²) in [7, 11) is 1.83. The van der Waals surface area contributed by atoms with Crippen molar-refractivity contribution in [2.24, 2.45) is 0 Å². The smallest absolute Gasteiger partial charge is 0.310 e. The first kappa shape index (κ1) is 24.2. The Morgan fingerprint density at radius 2 is 1.40 bits per heavy atom. The van der Waals surface area contributed by atoms with Crippen molar-refractivity contribution in [2.45, 2.75) is 77.6 Å². The molecule has 25 heavy (non-hydrogen) atoms. The Morgan fingerprint density at radius 1 is 0.920 bits per heavy atom. The van der Waals surface area contributed by atoms with Crippen LogP contribution in [0.3, 0.4) is 0 Å². The third kappa shape index (κ3) is 16.4. The first-order valence-electron chi connectivity index (χ1n) is 9.70. The number of thiocarbonyl (C=S) groups is 1. The van der Waals surface area contributed by atoms with E-state index >= 15 is 0 Å². The molecule has 1 aromatic rings. The summed E-state index contributed by atoms with van der Waals surface area (Å²) in [6.07, 6.45) is 14.1. The minimum atomic E-state index is 0.305. The van der Waals surface area contributed by atoms with Crippen molar-refractivity contribution in [3.05, 3.63) is 35.9 Å². The predicted octanol–water partition coefficient (Wildman–Crippen LogP) is 4.93. The quantitative estimate of drug-likeness (QED) is 0.317. The SMILES string of the molecule is CCCCCCCCCCCCC(=O)[NH2+]C.S=C([S-])c1ccccc1. The largest absolute Gasteiger partial charge is 0.428 e. The number of amides is 1. The summed E-state index contributed by atoms with van der Waals surface area (Å²) >= 11 is 9.55. The molecule has 0 radical (unpaired) electrons. The van der Waals surface area contributed by atoms with Gasteiger partial charge in [0.15, 0.2) is 0 Å². The molecule has 0 saturated heterocycles. The van der Waals surface area contributed by atoms with Gasteiger partial charge in [-0.3, -0.25) is 5.32 Å². The van der Waals surface area contributed by atoms with E-state index in [0.29, 0.717) is 10.1 Å². The van der Waals surface area contributed by atoms with Crippen LogP contribution in [0, 0.1) is 0 Å². The van der Waals surface area contributed by atoms with Crippen molar-refractivity contribution < 1.29 is 10.1 Å². The third-order valence-corrected chi connectivity index (χ3v) is 4.58. The zero-order valence-electron chi connectivity index (χ0n) is 16.0. The number of hydrogen-bond donors (Lipinski definition) is 1.